The molecule has 6 nitrogen and oxygen atoms in total. The second-order valence-corrected chi connectivity index (χ2v) is 6.08. The summed E-state index contributed by atoms with van der Waals surface area (Å²) >= 11 is 0. The maximum atomic E-state index is 10.9. The quantitative estimate of drug-likeness (QED) is 0.727. The molecule has 1 aromatic rings. The second kappa shape index (κ2) is 6.54. The van der Waals surface area contributed by atoms with Crippen molar-refractivity contribution in [1.29, 1.82) is 0 Å². The van der Waals surface area contributed by atoms with E-state index >= 15 is 0 Å². The molecule has 2 fully saturated rings. The van der Waals surface area contributed by atoms with Crippen molar-refractivity contribution in [1.82, 2.24) is 5.32 Å². The Morgan fingerprint density at radius 3 is 2.64 bits per heavy atom. The first-order valence-electron chi connectivity index (χ1n) is 7.69. The lowest BCUT2D eigenvalue weighted by molar-refractivity contribution is -0.120. The molecule has 1 aliphatic heterocycles. The van der Waals surface area contributed by atoms with Gasteiger partial charge in [0.15, 0.2) is 18.1 Å². The summed E-state index contributed by atoms with van der Waals surface area (Å²) in [5.74, 6) is 1.56. The van der Waals surface area contributed by atoms with Gasteiger partial charge in [0.05, 0.1) is 6.10 Å². The van der Waals surface area contributed by atoms with Crippen LogP contribution in [0, 0.1) is 11.8 Å². The number of rotatable bonds is 5. The Kier molecular flexibility index (Phi) is 4.49. The molecule has 0 aromatic heterocycles. The van der Waals surface area contributed by atoms with Gasteiger partial charge in [-0.15, -0.1) is 0 Å². The van der Waals surface area contributed by atoms with Crippen molar-refractivity contribution in [3.05, 3.63) is 24.3 Å². The second-order valence-electron chi connectivity index (χ2n) is 6.08. The number of hydrogen-bond donors (Lipinski definition) is 3. The summed E-state index contributed by atoms with van der Waals surface area (Å²) in [6.45, 7) is 1.77. The average Bonchev–Trinajstić information content (AvgIpc) is 2.93. The van der Waals surface area contributed by atoms with Crippen LogP contribution in [-0.2, 0) is 4.79 Å². The molecule has 120 valence electrons. The highest BCUT2D eigenvalue weighted by atomic mass is 16.5. The summed E-state index contributed by atoms with van der Waals surface area (Å²) < 4.78 is 11.4. The molecule has 22 heavy (non-hydrogen) atoms. The number of nitrogens with two attached hydrogens (primary N) is 1. The molecule has 1 saturated heterocycles. The zero-order chi connectivity index (χ0) is 15.5. The van der Waals surface area contributed by atoms with Crippen molar-refractivity contribution in [2.75, 3.05) is 19.7 Å². The summed E-state index contributed by atoms with van der Waals surface area (Å²) in [6.07, 6.45) is 0.847. The van der Waals surface area contributed by atoms with Crippen LogP contribution in [0.1, 0.15) is 12.8 Å². The van der Waals surface area contributed by atoms with Crippen LogP contribution in [0.4, 0.5) is 0 Å². The number of aliphatic hydroxyl groups excluding tert-OH is 1. The molecule has 4 atom stereocenters. The zero-order valence-corrected chi connectivity index (χ0v) is 12.4. The van der Waals surface area contributed by atoms with Gasteiger partial charge in [-0.1, -0.05) is 12.1 Å². The van der Waals surface area contributed by atoms with Crippen LogP contribution >= 0.6 is 0 Å². The molecule has 6 heteroatoms. The molecule has 1 saturated carbocycles. The Morgan fingerprint density at radius 1 is 1.23 bits per heavy atom. The van der Waals surface area contributed by atoms with E-state index < -0.39 is 12.0 Å². The first kappa shape index (κ1) is 15.1. The smallest absolute Gasteiger partial charge is 0.255 e. The number of aliphatic hydroxyl groups is 1. The summed E-state index contributed by atoms with van der Waals surface area (Å²) in [5, 5.41) is 13.7. The van der Waals surface area contributed by atoms with Gasteiger partial charge in [-0.25, -0.2) is 0 Å². The number of benzene rings is 1. The monoisotopic (exact) mass is 306 g/mol. The molecule has 3 rings (SSSR count). The van der Waals surface area contributed by atoms with Gasteiger partial charge < -0.3 is 25.6 Å². The minimum Gasteiger partial charge on any atom is -0.484 e. The number of nitrogens with one attached hydrogen (secondary N) is 1. The van der Waals surface area contributed by atoms with Crippen LogP contribution in [0.25, 0.3) is 0 Å². The Hall–Kier alpha value is -1.79. The van der Waals surface area contributed by atoms with E-state index in [0.717, 1.165) is 25.9 Å². The minimum atomic E-state index is -0.535. The van der Waals surface area contributed by atoms with E-state index in [0.29, 0.717) is 23.3 Å². The summed E-state index contributed by atoms with van der Waals surface area (Å²) in [6, 6.07) is 7.15. The molecule has 0 spiro atoms. The SMILES string of the molecule is NC(=O)COc1ccccc1O[C@@H]1C[C@@H]2CNC[C@@H]2C[C@H]1O. The number of carbonyl (C=O) groups is 1. The normalized spacial score (nSPS) is 30.6. The van der Waals surface area contributed by atoms with Gasteiger partial charge in [0, 0.05) is 0 Å². The topological polar surface area (TPSA) is 93.8 Å². The van der Waals surface area contributed by atoms with Crippen LogP contribution in [0.5, 0.6) is 11.5 Å². The predicted molar refractivity (Wildman–Crippen MR) is 80.6 cm³/mol. The van der Waals surface area contributed by atoms with E-state index in [9.17, 15) is 9.90 Å². The first-order chi connectivity index (χ1) is 10.6. The summed E-state index contributed by atoms with van der Waals surface area (Å²) in [4.78, 5) is 10.9. The van der Waals surface area contributed by atoms with E-state index in [2.05, 4.69) is 5.32 Å². The fraction of sp³-hybridized carbons (Fsp3) is 0.562. The van der Waals surface area contributed by atoms with Crippen LogP contribution in [0.3, 0.4) is 0 Å². The van der Waals surface area contributed by atoms with Crippen molar-refractivity contribution in [3.63, 3.8) is 0 Å². The molecule has 0 bridgehead atoms. The number of hydrogen-bond acceptors (Lipinski definition) is 5. The fourth-order valence-corrected chi connectivity index (χ4v) is 3.36. The van der Waals surface area contributed by atoms with Gasteiger partial charge in [-0.3, -0.25) is 4.79 Å². The van der Waals surface area contributed by atoms with Crippen molar-refractivity contribution in [2.24, 2.45) is 17.6 Å². The first-order valence-corrected chi connectivity index (χ1v) is 7.69. The van der Waals surface area contributed by atoms with Crippen molar-refractivity contribution in [3.8, 4) is 11.5 Å². The summed E-state index contributed by atoms with van der Waals surface area (Å²) in [5.41, 5.74) is 5.10. The van der Waals surface area contributed by atoms with Crippen LogP contribution in [0.2, 0.25) is 0 Å². The minimum absolute atomic E-state index is 0.192. The maximum absolute atomic E-state index is 10.9. The van der Waals surface area contributed by atoms with Crippen LogP contribution < -0.4 is 20.5 Å². The number of carbonyl (C=O) groups excluding carboxylic acids is 1. The van der Waals surface area contributed by atoms with E-state index in [-0.39, 0.29) is 12.7 Å². The van der Waals surface area contributed by atoms with Gasteiger partial charge in [0.2, 0.25) is 0 Å². The third-order valence-corrected chi connectivity index (χ3v) is 4.49. The fourth-order valence-electron chi connectivity index (χ4n) is 3.36. The zero-order valence-electron chi connectivity index (χ0n) is 12.4. The van der Waals surface area contributed by atoms with Gasteiger partial charge in [0.1, 0.15) is 6.10 Å². The Balaban J connectivity index is 1.68. The highest BCUT2D eigenvalue weighted by Crippen LogP contribution is 2.36. The molecule has 0 unspecified atom stereocenters. The molecule has 2 aliphatic rings. The Morgan fingerprint density at radius 2 is 1.91 bits per heavy atom. The molecule has 1 amide bonds. The van der Waals surface area contributed by atoms with Crippen LogP contribution in [-0.4, -0.2) is 42.9 Å². The third-order valence-electron chi connectivity index (χ3n) is 4.49. The molecule has 0 radical (unpaired) electrons. The number of para-hydroxylation sites is 2. The van der Waals surface area contributed by atoms with Gasteiger partial charge >= 0.3 is 0 Å². The van der Waals surface area contributed by atoms with Crippen molar-refractivity contribution in [2.45, 2.75) is 25.0 Å². The largest absolute Gasteiger partial charge is 0.484 e. The molecule has 1 heterocycles. The van der Waals surface area contributed by atoms with E-state index in [4.69, 9.17) is 15.2 Å². The number of fused-ring (bicyclic) bond motifs is 1. The standard InChI is InChI=1S/C16H22N2O4/c17-16(20)9-21-13-3-1-2-4-14(13)22-15-6-11-8-18-7-10(11)5-12(15)19/h1-4,10-12,15,18-19H,5-9H2,(H2,17,20)/t10-,11+,12+,15+/m0/s1. The molecule has 1 aromatic carbocycles. The van der Waals surface area contributed by atoms with E-state index in [1.165, 1.54) is 0 Å². The summed E-state index contributed by atoms with van der Waals surface area (Å²) in [7, 11) is 0. The van der Waals surface area contributed by atoms with E-state index in [1.54, 1.807) is 18.2 Å². The number of ether oxygens (including phenoxy) is 2. The highest BCUT2D eigenvalue weighted by molar-refractivity contribution is 5.75. The maximum Gasteiger partial charge on any atom is 0.255 e. The van der Waals surface area contributed by atoms with Crippen molar-refractivity contribution >= 4 is 5.91 Å². The Bertz CT molecular complexity index is 537. The van der Waals surface area contributed by atoms with Gasteiger partial charge in [-0.05, 0) is 49.9 Å². The average molecular weight is 306 g/mol. The predicted octanol–water partition coefficient (Wildman–Crippen LogP) is 0.288. The van der Waals surface area contributed by atoms with E-state index in [1.807, 2.05) is 6.07 Å². The van der Waals surface area contributed by atoms with Gasteiger partial charge in [-0.2, -0.15) is 0 Å². The molecule has 4 N–H and O–H groups in total. The lowest BCUT2D eigenvalue weighted by atomic mass is 9.78. The van der Waals surface area contributed by atoms with Crippen LogP contribution in [0.15, 0.2) is 24.3 Å². The molecular weight excluding hydrogens is 284 g/mol. The number of primary amides is 1. The lowest BCUT2D eigenvalue weighted by Crippen LogP contribution is -2.42. The number of amides is 1. The van der Waals surface area contributed by atoms with Gasteiger partial charge in [0.25, 0.3) is 5.91 Å². The third kappa shape index (κ3) is 3.34. The molecular formula is C16H22N2O4. The molecule has 1 aliphatic carbocycles. The van der Waals surface area contributed by atoms with Crippen molar-refractivity contribution < 1.29 is 19.4 Å². The Labute approximate surface area is 129 Å². The highest BCUT2D eigenvalue weighted by Gasteiger charge is 2.40. The lowest BCUT2D eigenvalue weighted by Gasteiger charge is -2.35.